The summed E-state index contributed by atoms with van der Waals surface area (Å²) in [6.45, 7) is 0. The molecule has 2 aromatic carbocycles. The standard InChI is InChI=1S/C12H5Cl3N2O2/c13-6-1-3-9(7(14)5-6)18-10-4-2-8-12(11(10)15)17-19-16-8/h1-5H. The summed E-state index contributed by atoms with van der Waals surface area (Å²) >= 11 is 18.0. The van der Waals surface area contributed by atoms with Crippen molar-refractivity contribution in [3.63, 3.8) is 0 Å². The number of fused-ring (bicyclic) bond motifs is 1. The molecule has 0 spiro atoms. The monoisotopic (exact) mass is 314 g/mol. The summed E-state index contributed by atoms with van der Waals surface area (Å²) in [5.74, 6) is 0.859. The zero-order valence-electron chi connectivity index (χ0n) is 9.23. The smallest absolute Gasteiger partial charge is 0.157 e. The Labute approximate surface area is 122 Å². The zero-order valence-corrected chi connectivity index (χ0v) is 11.5. The SMILES string of the molecule is Clc1ccc(Oc2ccc3nonc3c2Cl)c(Cl)c1. The minimum atomic E-state index is 0.310. The molecule has 0 amide bonds. The molecule has 0 bridgehead atoms. The van der Waals surface area contributed by atoms with E-state index in [1.165, 1.54) is 0 Å². The van der Waals surface area contributed by atoms with Gasteiger partial charge >= 0.3 is 0 Å². The van der Waals surface area contributed by atoms with E-state index >= 15 is 0 Å². The van der Waals surface area contributed by atoms with E-state index in [4.69, 9.17) is 39.5 Å². The van der Waals surface area contributed by atoms with Gasteiger partial charge in [-0.05, 0) is 40.6 Å². The molecule has 0 saturated carbocycles. The Morgan fingerprint density at radius 3 is 2.53 bits per heavy atom. The minimum absolute atomic E-state index is 0.310. The first kappa shape index (κ1) is 12.5. The van der Waals surface area contributed by atoms with Crippen molar-refractivity contribution >= 4 is 45.8 Å². The number of ether oxygens (including phenoxy) is 1. The van der Waals surface area contributed by atoms with Gasteiger partial charge in [0.2, 0.25) is 0 Å². The largest absolute Gasteiger partial charge is 0.454 e. The average molecular weight is 316 g/mol. The molecule has 3 aromatic rings. The van der Waals surface area contributed by atoms with Gasteiger partial charge in [0.25, 0.3) is 0 Å². The van der Waals surface area contributed by atoms with E-state index in [9.17, 15) is 0 Å². The van der Waals surface area contributed by atoms with Crippen LogP contribution in [0.5, 0.6) is 11.5 Å². The molecule has 0 aliphatic rings. The molecule has 0 atom stereocenters. The van der Waals surface area contributed by atoms with E-state index in [1.54, 1.807) is 30.3 Å². The van der Waals surface area contributed by atoms with Gasteiger partial charge in [-0.1, -0.05) is 34.8 Å². The highest BCUT2D eigenvalue weighted by atomic mass is 35.5. The highest BCUT2D eigenvalue weighted by Gasteiger charge is 2.13. The molecule has 96 valence electrons. The maximum absolute atomic E-state index is 6.16. The van der Waals surface area contributed by atoms with Gasteiger partial charge in [0.05, 0.1) is 5.02 Å². The predicted octanol–water partition coefficient (Wildman–Crippen LogP) is 4.98. The fourth-order valence-corrected chi connectivity index (χ4v) is 2.24. The van der Waals surface area contributed by atoms with Crippen LogP contribution in [0.25, 0.3) is 11.0 Å². The van der Waals surface area contributed by atoms with E-state index in [0.29, 0.717) is 37.6 Å². The normalized spacial score (nSPS) is 10.9. The third kappa shape index (κ3) is 2.34. The van der Waals surface area contributed by atoms with Gasteiger partial charge in [-0.25, -0.2) is 4.63 Å². The van der Waals surface area contributed by atoms with Crippen molar-refractivity contribution in [2.75, 3.05) is 0 Å². The lowest BCUT2D eigenvalue weighted by Crippen LogP contribution is -1.87. The number of halogens is 3. The van der Waals surface area contributed by atoms with Gasteiger partial charge in [-0.2, -0.15) is 0 Å². The maximum Gasteiger partial charge on any atom is 0.157 e. The van der Waals surface area contributed by atoms with E-state index in [-0.39, 0.29) is 0 Å². The van der Waals surface area contributed by atoms with Crippen LogP contribution in [0, 0.1) is 0 Å². The van der Waals surface area contributed by atoms with Gasteiger partial charge in [0.15, 0.2) is 5.52 Å². The Kier molecular flexibility index (Phi) is 3.22. The van der Waals surface area contributed by atoms with E-state index in [2.05, 4.69) is 14.9 Å². The lowest BCUT2D eigenvalue weighted by Gasteiger charge is -2.08. The van der Waals surface area contributed by atoms with Crippen molar-refractivity contribution < 1.29 is 9.37 Å². The fraction of sp³-hybridized carbons (Fsp3) is 0. The lowest BCUT2D eigenvalue weighted by molar-refractivity contribution is 0.315. The minimum Gasteiger partial charge on any atom is -0.454 e. The first-order valence-electron chi connectivity index (χ1n) is 5.19. The molecule has 0 saturated heterocycles. The van der Waals surface area contributed by atoms with Crippen molar-refractivity contribution in [1.29, 1.82) is 0 Å². The second-order valence-corrected chi connectivity index (χ2v) is 4.91. The number of nitrogens with zero attached hydrogens (tertiary/aromatic N) is 2. The Morgan fingerprint density at radius 2 is 1.74 bits per heavy atom. The van der Waals surface area contributed by atoms with E-state index in [0.717, 1.165) is 0 Å². The fourth-order valence-electron chi connectivity index (χ4n) is 1.56. The van der Waals surface area contributed by atoms with E-state index in [1.807, 2.05) is 0 Å². The third-order valence-corrected chi connectivity index (χ3v) is 3.34. The molecule has 0 radical (unpaired) electrons. The van der Waals surface area contributed by atoms with Crippen LogP contribution in [0.4, 0.5) is 0 Å². The third-order valence-electron chi connectivity index (χ3n) is 2.44. The summed E-state index contributed by atoms with van der Waals surface area (Å²) in [5.41, 5.74) is 0.990. The first-order chi connectivity index (χ1) is 9.15. The van der Waals surface area contributed by atoms with Gasteiger partial charge < -0.3 is 4.74 Å². The van der Waals surface area contributed by atoms with Crippen LogP contribution < -0.4 is 4.74 Å². The number of hydrogen-bond donors (Lipinski definition) is 0. The van der Waals surface area contributed by atoms with Gasteiger partial charge in [0, 0.05) is 5.02 Å². The maximum atomic E-state index is 6.16. The number of benzene rings is 2. The van der Waals surface area contributed by atoms with Crippen LogP contribution in [0.3, 0.4) is 0 Å². The zero-order chi connectivity index (χ0) is 13.4. The molecular weight excluding hydrogens is 311 g/mol. The second kappa shape index (κ2) is 4.89. The molecule has 0 fully saturated rings. The van der Waals surface area contributed by atoms with E-state index < -0.39 is 0 Å². The Bertz CT molecular complexity index is 758. The summed E-state index contributed by atoms with van der Waals surface area (Å²) in [4.78, 5) is 0. The average Bonchev–Trinajstić information content (AvgIpc) is 2.85. The molecule has 0 N–H and O–H groups in total. The predicted molar refractivity (Wildman–Crippen MR) is 73.4 cm³/mol. The molecule has 3 rings (SSSR count). The van der Waals surface area contributed by atoms with Crippen LogP contribution in [-0.2, 0) is 0 Å². The van der Waals surface area contributed by atoms with Crippen molar-refractivity contribution in [3.05, 3.63) is 45.4 Å². The van der Waals surface area contributed by atoms with Gasteiger partial charge in [-0.15, -0.1) is 0 Å². The molecule has 0 aliphatic carbocycles. The lowest BCUT2D eigenvalue weighted by atomic mass is 10.3. The summed E-state index contributed by atoms with van der Waals surface area (Å²) in [6, 6.07) is 8.28. The quantitative estimate of drug-likeness (QED) is 0.669. The van der Waals surface area contributed by atoms with Crippen LogP contribution in [-0.4, -0.2) is 10.3 Å². The highest BCUT2D eigenvalue weighted by molar-refractivity contribution is 6.37. The highest BCUT2D eigenvalue weighted by Crippen LogP contribution is 2.37. The van der Waals surface area contributed by atoms with Crippen LogP contribution in [0.1, 0.15) is 0 Å². The summed E-state index contributed by atoms with van der Waals surface area (Å²) in [5, 5.41) is 8.62. The molecule has 19 heavy (non-hydrogen) atoms. The Morgan fingerprint density at radius 1 is 0.947 bits per heavy atom. The number of rotatable bonds is 2. The van der Waals surface area contributed by atoms with Gasteiger partial charge in [-0.3, -0.25) is 0 Å². The van der Waals surface area contributed by atoms with Crippen molar-refractivity contribution in [2.45, 2.75) is 0 Å². The summed E-state index contributed by atoms with van der Waals surface area (Å²) in [7, 11) is 0. The van der Waals surface area contributed by atoms with Crippen LogP contribution in [0.15, 0.2) is 35.0 Å². The van der Waals surface area contributed by atoms with Crippen molar-refractivity contribution in [3.8, 4) is 11.5 Å². The number of aromatic nitrogens is 2. The van der Waals surface area contributed by atoms with Crippen molar-refractivity contribution in [2.24, 2.45) is 0 Å². The van der Waals surface area contributed by atoms with Crippen LogP contribution in [0.2, 0.25) is 15.1 Å². The Balaban J connectivity index is 2.03. The number of hydrogen-bond acceptors (Lipinski definition) is 4. The molecule has 0 aliphatic heterocycles. The van der Waals surface area contributed by atoms with Gasteiger partial charge in [0.1, 0.15) is 22.0 Å². The topological polar surface area (TPSA) is 48.2 Å². The first-order valence-corrected chi connectivity index (χ1v) is 6.32. The summed E-state index contributed by atoms with van der Waals surface area (Å²) in [6.07, 6.45) is 0. The molecule has 4 nitrogen and oxygen atoms in total. The Hall–Kier alpha value is -1.49. The van der Waals surface area contributed by atoms with Crippen molar-refractivity contribution in [1.82, 2.24) is 10.3 Å². The molecule has 1 aromatic heterocycles. The second-order valence-electron chi connectivity index (χ2n) is 3.69. The molecule has 7 heteroatoms. The van der Waals surface area contributed by atoms with Crippen LogP contribution >= 0.6 is 34.8 Å². The molecule has 0 unspecified atom stereocenters. The molecule has 1 heterocycles. The molecular formula is C12H5Cl3N2O2. The summed E-state index contributed by atoms with van der Waals surface area (Å²) < 4.78 is 10.2.